The zero-order valence-corrected chi connectivity index (χ0v) is 15.6. The number of rotatable bonds is 4. The summed E-state index contributed by atoms with van der Waals surface area (Å²) in [7, 11) is 0. The van der Waals surface area contributed by atoms with Crippen LogP contribution in [0.15, 0.2) is 53.5 Å². The van der Waals surface area contributed by atoms with Crippen molar-refractivity contribution in [3.05, 3.63) is 70.1 Å². The van der Waals surface area contributed by atoms with E-state index in [9.17, 15) is 22.8 Å². The second kappa shape index (κ2) is 7.21. The van der Waals surface area contributed by atoms with Crippen LogP contribution in [0.4, 0.5) is 18.9 Å². The molecule has 0 fully saturated rings. The predicted molar refractivity (Wildman–Crippen MR) is 104 cm³/mol. The number of ether oxygens (including phenoxy) is 1. The van der Waals surface area contributed by atoms with Gasteiger partial charge in [-0.3, -0.25) is 9.59 Å². The summed E-state index contributed by atoms with van der Waals surface area (Å²) in [6.07, 6.45) is -3.35. The normalized spacial score (nSPS) is 11.7. The maximum Gasteiger partial charge on any atom is 0.416 e. The summed E-state index contributed by atoms with van der Waals surface area (Å²) in [5.74, 6) is -0.648. The van der Waals surface area contributed by atoms with Crippen molar-refractivity contribution in [2.75, 3.05) is 11.9 Å². The van der Waals surface area contributed by atoms with Crippen molar-refractivity contribution in [2.24, 2.45) is 0 Å². The summed E-state index contributed by atoms with van der Waals surface area (Å²) < 4.78 is 46.0. The number of halogens is 3. The number of benzene rings is 2. The average Bonchev–Trinajstić information content (AvgIpc) is 3.13. The lowest BCUT2D eigenvalue weighted by Crippen LogP contribution is -2.16. The minimum absolute atomic E-state index is 0.00212. The Balaban J connectivity index is 1.78. The number of anilines is 1. The van der Waals surface area contributed by atoms with E-state index in [0.717, 1.165) is 18.2 Å². The summed E-state index contributed by atoms with van der Waals surface area (Å²) >= 11 is 0. The molecule has 154 valence electrons. The molecule has 10 heteroatoms. The minimum Gasteiger partial charge on any atom is -0.492 e. The van der Waals surface area contributed by atoms with Crippen LogP contribution in [-0.4, -0.2) is 27.1 Å². The van der Waals surface area contributed by atoms with Gasteiger partial charge in [-0.05, 0) is 37.3 Å². The highest BCUT2D eigenvalue weighted by Crippen LogP contribution is 2.35. The molecule has 4 aromatic rings. The fourth-order valence-electron chi connectivity index (χ4n) is 3.12. The molecule has 2 aromatic heterocycles. The lowest BCUT2D eigenvalue weighted by Gasteiger charge is -2.14. The van der Waals surface area contributed by atoms with E-state index in [1.165, 1.54) is 10.7 Å². The molecular weight excluding hydrogens is 401 g/mol. The van der Waals surface area contributed by atoms with Gasteiger partial charge in [0.05, 0.1) is 35.0 Å². The Labute approximate surface area is 167 Å². The van der Waals surface area contributed by atoms with E-state index in [1.807, 2.05) is 0 Å². The van der Waals surface area contributed by atoms with Crippen molar-refractivity contribution in [3.8, 4) is 5.75 Å². The molecule has 0 atom stereocenters. The number of nitrogens with zero attached hydrogens (tertiary/aromatic N) is 2. The van der Waals surface area contributed by atoms with Crippen molar-refractivity contribution < 1.29 is 22.7 Å². The van der Waals surface area contributed by atoms with Gasteiger partial charge in [-0.1, -0.05) is 12.1 Å². The highest BCUT2D eigenvalue weighted by molar-refractivity contribution is 6.09. The third kappa shape index (κ3) is 3.36. The summed E-state index contributed by atoms with van der Waals surface area (Å²) in [5, 5.41) is 6.96. The number of hydrogen-bond acceptors (Lipinski definition) is 4. The van der Waals surface area contributed by atoms with E-state index in [2.05, 4.69) is 15.4 Å². The molecule has 0 saturated carbocycles. The highest BCUT2D eigenvalue weighted by Gasteiger charge is 2.31. The second-order valence-corrected chi connectivity index (χ2v) is 6.39. The summed E-state index contributed by atoms with van der Waals surface area (Å²) in [5.41, 5.74) is -0.871. The first-order chi connectivity index (χ1) is 14.3. The molecule has 2 aromatic carbocycles. The average molecular weight is 416 g/mol. The molecule has 2 heterocycles. The van der Waals surface area contributed by atoms with Crippen LogP contribution in [0.5, 0.6) is 5.75 Å². The minimum atomic E-state index is -4.58. The number of carbonyl (C=O) groups excluding carboxylic acids is 1. The van der Waals surface area contributed by atoms with Gasteiger partial charge >= 0.3 is 6.18 Å². The standard InChI is InChI=1S/C20H15F3N4O3/c1-2-30-16-8-7-11(20(21,22)23)9-14(16)25-19(29)13-10-24-27-15-6-4-3-5-12(15)18(28)26-17(13)27/h3-10H,2H2,1H3,(H,25,29)(H,26,28). The van der Waals surface area contributed by atoms with E-state index in [1.54, 1.807) is 31.2 Å². The van der Waals surface area contributed by atoms with Gasteiger partial charge in [0.25, 0.3) is 11.5 Å². The van der Waals surface area contributed by atoms with Crippen LogP contribution in [0, 0.1) is 0 Å². The van der Waals surface area contributed by atoms with Gasteiger partial charge in [0, 0.05) is 0 Å². The van der Waals surface area contributed by atoms with Crippen LogP contribution < -0.4 is 15.6 Å². The number of nitrogens with one attached hydrogen (secondary N) is 2. The van der Waals surface area contributed by atoms with Gasteiger partial charge in [-0.25, -0.2) is 4.52 Å². The molecule has 0 aliphatic rings. The van der Waals surface area contributed by atoms with Gasteiger partial charge < -0.3 is 15.0 Å². The SMILES string of the molecule is CCOc1ccc(C(F)(F)F)cc1NC(=O)c1cnn2c1[nH]c(=O)c1ccccc12. The maximum absolute atomic E-state index is 13.1. The number of H-pyrrole nitrogens is 1. The Hall–Kier alpha value is -3.82. The first-order valence-electron chi connectivity index (χ1n) is 8.93. The second-order valence-electron chi connectivity index (χ2n) is 6.39. The monoisotopic (exact) mass is 416 g/mol. The molecule has 0 aliphatic carbocycles. The molecule has 2 N–H and O–H groups in total. The number of hydrogen-bond donors (Lipinski definition) is 2. The number of alkyl halides is 3. The number of fused-ring (bicyclic) bond motifs is 3. The lowest BCUT2D eigenvalue weighted by atomic mass is 10.1. The largest absolute Gasteiger partial charge is 0.492 e. The Morgan fingerprint density at radius 2 is 2.00 bits per heavy atom. The first kappa shape index (κ1) is 19.5. The first-order valence-corrected chi connectivity index (χ1v) is 8.93. The fraction of sp³-hybridized carbons (Fsp3) is 0.150. The Morgan fingerprint density at radius 1 is 1.23 bits per heavy atom. The third-order valence-corrected chi connectivity index (χ3v) is 4.48. The van der Waals surface area contributed by atoms with E-state index in [4.69, 9.17) is 4.74 Å². The smallest absolute Gasteiger partial charge is 0.416 e. The van der Waals surface area contributed by atoms with Crippen LogP contribution in [0.3, 0.4) is 0 Å². The van der Waals surface area contributed by atoms with E-state index in [-0.39, 0.29) is 29.3 Å². The predicted octanol–water partition coefficient (Wildman–Crippen LogP) is 3.85. The lowest BCUT2D eigenvalue weighted by molar-refractivity contribution is -0.137. The summed E-state index contributed by atoms with van der Waals surface area (Å²) in [4.78, 5) is 27.8. The molecule has 7 nitrogen and oxygen atoms in total. The molecule has 30 heavy (non-hydrogen) atoms. The molecule has 4 rings (SSSR count). The van der Waals surface area contributed by atoms with Crippen molar-refractivity contribution in [1.29, 1.82) is 0 Å². The molecule has 0 bridgehead atoms. The summed E-state index contributed by atoms with van der Waals surface area (Å²) in [6, 6.07) is 9.53. The van der Waals surface area contributed by atoms with E-state index < -0.39 is 23.2 Å². The van der Waals surface area contributed by atoms with Crippen molar-refractivity contribution in [3.63, 3.8) is 0 Å². The Morgan fingerprint density at radius 3 is 2.73 bits per heavy atom. The number of amides is 1. The van der Waals surface area contributed by atoms with Crippen LogP contribution in [0.1, 0.15) is 22.8 Å². The molecule has 0 radical (unpaired) electrons. The molecular formula is C20H15F3N4O3. The molecule has 0 spiro atoms. The number of aromatic amines is 1. The van der Waals surface area contributed by atoms with Crippen LogP contribution in [0.2, 0.25) is 0 Å². The molecule has 0 unspecified atom stereocenters. The Kier molecular flexibility index (Phi) is 4.69. The maximum atomic E-state index is 13.1. The molecule has 0 saturated heterocycles. The van der Waals surface area contributed by atoms with E-state index in [0.29, 0.717) is 10.9 Å². The quantitative estimate of drug-likeness (QED) is 0.529. The van der Waals surface area contributed by atoms with Crippen molar-refractivity contribution in [1.82, 2.24) is 14.6 Å². The van der Waals surface area contributed by atoms with Crippen molar-refractivity contribution in [2.45, 2.75) is 13.1 Å². The zero-order chi connectivity index (χ0) is 21.5. The third-order valence-electron chi connectivity index (χ3n) is 4.48. The highest BCUT2D eigenvalue weighted by atomic mass is 19.4. The molecule has 1 amide bonds. The Bertz CT molecular complexity index is 1320. The van der Waals surface area contributed by atoms with Gasteiger partial charge in [-0.2, -0.15) is 18.3 Å². The van der Waals surface area contributed by atoms with Gasteiger partial charge in [-0.15, -0.1) is 0 Å². The number of carbonyl (C=O) groups is 1. The van der Waals surface area contributed by atoms with E-state index >= 15 is 0 Å². The zero-order valence-electron chi connectivity index (χ0n) is 15.6. The number of para-hydroxylation sites is 1. The van der Waals surface area contributed by atoms with Gasteiger partial charge in [0.2, 0.25) is 0 Å². The molecule has 0 aliphatic heterocycles. The van der Waals surface area contributed by atoms with Gasteiger partial charge in [0.1, 0.15) is 17.0 Å². The summed E-state index contributed by atoms with van der Waals surface area (Å²) in [6.45, 7) is 1.87. The van der Waals surface area contributed by atoms with Crippen molar-refractivity contribution >= 4 is 28.1 Å². The van der Waals surface area contributed by atoms with Crippen LogP contribution in [0.25, 0.3) is 16.6 Å². The van der Waals surface area contributed by atoms with Crippen LogP contribution >= 0.6 is 0 Å². The van der Waals surface area contributed by atoms with Gasteiger partial charge in [0.15, 0.2) is 0 Å². The van der Waals surface area contributed by atoms with Crippen LogP contribution in [-0.2, 0) is 6.18 Å². The topological polar surface area (TPSA) is 88.5 Å². The number of aromatic nitrogens is 3. The fourth-order valence-corrected chi connectivity index (χ4v) is 3.12.